The molecule has 0 amide bonds. The van der Waals surface area contributed by atoms with Gasteiger partial charge in [0.1, 0.15) is 0 Å². The molecule has 0 nitrogen and oxygen atoms in total. The van der Waals surface area contributed by atoms with E-state index >= 15 is 0 Å². The van der Waals surface area contributed by atoms with Gasteiger partial charge < -0.3 is 0 Å². The lowest BCUT2D eigenvalue weighted by Crippen LogP contribution is -2.15. The lowest BCUT2D eigenvalue weighted by molar-refractivity contribution is 0.776. The van der Waals surface area contributed by atoms with E-state index in [1.54, 1.807) is 10.6 Å². The molecule has 23 heavy (non-hydrogen) atoms. The van der Waals surface area contributed by atoms with Gasteiger partial charge in [0.05, 0.1) is 0 Å². The normalized spacial score (nSPS) is 14.3. The van der Waals surface area contributed by atoms with Crippen LogP contribution in [0.2, 0.25) is 0 Å². The Morgan fingerprint density at radius 3 is 1.87 bits per heavy atom. The first kappa shape index (κ1) is 16.6. The van der Waals surface area contributed by atoms with Crippen molar-refractivity contribution < 1.29 is 0 Å². The first-order valence-corrected chi connectivity index (χ1v) is 11.3. The molecule has 0 unspecified atom stereocenters. The second-order valence-electron chi connectivity index (χ2n) is 6.66. The number of hydrogen-bond acceptors (Lipinski definition) is 0. The zero-order chi connectivity index (χ0) is 16.1. The van der Waals surface area contributed by atoms with Gasteiger partial charge in [-0.3, -0.25) is 0 Å². The molecule has 0 spiro atoms. The molecule has 0 fully saturated rings. The van der Waals surface area contributed by atoms with Crippen LogP contribution in [0.3, 0.4) is 0 Å². The van der Waals surface area contributed by atoms with E-state index in [2.05, 4.69) is 68.2 Å². The Morgan fingerprint density at radius 2 is 1.30 bits per heavy atom. The largest absolute Gasteiger partial charge is 0.0781 e. The van der Waals surface area contributed by atoms with E-state index in [1.807, 2.05) is 0 Å². The van der Waals surface area contributed by atoms with Crippen LogP contribution >= 0.6 is 6.89 Å². The zero-order valence-electron chi connectivity index (χ0n) is 14.6. The highest BCUT2D eigenvalue weighted by Crippen LogP contribution is 2.54. The third kappa shape index (κ3) is 3.07. The van der Waals surface area contributed by atoms with Crippen molar-refractivity contribution in [3.8, 4) is 11.1 Å². The minimum absolute atomic E-state index is 1.26. The molecule has 1 aliphatic rings. The summed E-state index contributed by atoms with van der Waals surface area (Å²) >= 11 is 0. The topological polar surface area (TPSA) is 0 Å². The van der Waals surface area contributed by atoms with Crippen LogP contribution in [-0.2, 0) is 0 Å². The van der Waals surface area contributed by atoms with E-state index in [0.717, 1.165) is 0 Å². The van der Waals surface area contributed by atoms with Crippen molar-refractivity contribution in [1.29, 1.82) is 0 Å². The summed E-state index contributed by atoms with van der Waals surface area (Å²) in [6, 6.07) is 18.4. The van der Waals surface area contributed by atoms with Crippen molar-refractivity contribution in [1.82, 2.24) is 0 Å². The van der Waals surface area contributed by atoms with Crippen LogP contribution in [0.15, 0.2) is 48.5 Å². The van der Waals surface area contributed by atoms with E-state index in [4.69, 9.17) is 0 Å². The molecule has 0 radical (unpaired) electrons. The van der Waals surface area contributed by atoms with E-state index in [1.165, 1.54) is 55.8 Å². The summed E-state index contributed by atoms with van der Waals surface area (Å²) in [5, 5.41) is 3.29. The van der Waals surface area contributed by atoms with Crippen LogP contribution in [0.4, 0.5) is 0 Å². The highest BCUT2D eigenvalue weighted by molar-refractivity contribution is 7.89. The fraction of sp³-hybridized carbons (Fsp3) is 0.409. The summed E-state index contributed by atoms with van der Waals surface area (Å²) in [6.45, 7) is 3.29. The Morgan fingerprint density at radius 1 is 0.739 bits per heavy atom. The summed E-state index contributed by atoms with van der Waals surface area (Å²) in [7, 11) is 0. The molecule has 0 aliphatic carbocycles. The molecular formula is C22H29P. The van der Waals surface area contributed by atoms with E-state index < -0.39 is 6.89 Å². The van der Waals surface area contributed by atoms with Gasteiger partial charge in [-0.1, -0.05) is 101 Å². The molecule has 0 bridgehead atoms. The predicted molar refractivity (Wildman–Crippen MR) is 108 cm³/mol. The van der Waals surface area contributed by atoms with Gasteiger partial charge in [0, 0.05) is 0 Å². The van der Waals surface area contributed by atoms with E-state index in [0.29, 0.717) is 0 Å². The van der Waals surface area contributed by atoms with E-state index in [9.17, 15) is 0 Å². The van der Waals surface area contributed by atoms with Crippen molar-refractivity contribution in [2.75, 3.05) is 6.16 Å². The Labute approximate surface area is 141 Å². The van der Waals surface area contributed by atoms with Gasteiger partial charge in [0.25, 0.3) is 0 Å². The SMILES string of the molecule is CCCCC=P1(CCCCC)c2ccccc2-c2ccccc21. The van der Waals surface area contributed by atoms with Crippen LogP contribution in [0.5, 0.6) is 0 Å². The molecule has 0 atom stereocenters. The maximum Gasteiger partial charge on any atom is -0.00977 e. The fourth-order valence-electron chi connectivity index (χ4n) is 3.88. The molecule has 0 aromatic heterocycles. The first-order valence-electron chi connectivity index (χ1n) is 9.25. The van der Waals surface area contributed by atoms with Crippen molar-refractivity contribution in [3.05, 3.63) is 48.5 Å². The lowest BCUT2D eigenvalue weighted by Gasteiger charge is -2.24. The van der Waals surface area contributed by atoms with E-state index in [-0.39, 0.29) is 0 Å². The summed E-state index contributed by atoms with van der Waals surface area (Å²) < 4.78 is 0. The Balaban J connectivity index is 2.15. The van der Waals surface area contributed by atoms with Gasteiger partial charge in [-0.25, -0.2) is 0 Å². The highest BCUT2D eigenvalue weighted by atomic mass is 31.2. The van der Waals surface area contributed by atoms with Crippen LogP contribution < -0.4 is 10.6 Å². The smallest absolute Gasteiger partial charge is 0.00977 e. The monoisotopic (exact) mass is 324 g/mol. The zero-order valence-corrected chi connectivity index (χ0v) is 15.5. The van der Waals surface area contributed by atoms with Gasteiger partial charge >= 0.3 is 0 Å². The highest BCUT2D eigenvalue weighted by Gasteiger charge is 2.32. The maximum atomic E-state index is 2.75. The molecule has 0 saturated carbocycles. The van der Waals surface area contributed by atoms with Gasteiger partial charge in [-0.15, -0.1) is 0 Å². The molecule has 0 N–H and O–H groups in total. The Bertz CT molecular complexity index is 662. The summed E-state index contributed by atoms with van der Waals surface area (Å²) in [4.78, 5) is 0. The number of rotatable bonds is 7. The van der Waals surface area contributed by atoms with Crippen molar-refractivity contribution in [2.45, 2.75) is 52.4 Å². The second-order valence-corrected chi connectivity index (χ2v) is 10.2. The molecule has 122 valence electrons. The van der Waals surface area contributed by atoms with Crippen LogP contribution in [-0.4, -0.2) is 12.0 Å². The third-order valence-electron chi connectivity index (χ3n) is 5.07. The molecule has 1 aliphatic heterocycles. The second kappa shape index (κ2) is 7.54. The molecule has 1 heterocycles. The summed E-state index contributed by atoms with van der Waals surface area (Å²) in [6.07, 6.45) is 9.24. The maximum absolute atomic E-state index is 2.75. The standard InChI is InChI=1S/C22H29P/c1-3-5-11-17-23(18-12-6-4-2)21-15-9-7-13-19(21)20-14-8-10-16-22(20)23/h7-10,13-17H,3-6,11-12,18H2,1-2H3. The predicted octanol–water partition coefficient (Wildman–Crippen LogP) is 5.82. The summed E-state index contributed by atoms with van der Waals surface area (Å²) in [5.41, 5.74) is 3.00. The van der Waals surface area contributed by atoms with Gasteiger partial charge in [0.2, 0.25) is 0 Å². The van der Waals surface area contributed by atoms with Crippen molar-refractivity contribution >= 4 is 23.3 Å². The Hall–Kier alpha value is -1.26. The lowest BCUT2D eigenvalue weighted by atomic mass is 10.1. The molecular weight excluding hydrogens is 295 g/mol. The van der Waals surface area contributed by atoms with Crippen LogP contribution in [0, 0.1) is 0 Å². The van der Waals surface area contributed by atoms with Gasteiger partial charge in [0.15, 0.2) is 0 Å². The van der Waals surface area contributed by atoms with Gasteiger partial charge in [-0.2, -0.15) is 0 Å². The quantitative estimate of drug-likeness (QED) is 0.445. The van der Waals surface area contributed by atoms with Crippen molar-refractivity contribution in [3.63, 3.8) is 0 Å². The minimum Gasteiger partial charge on any atom is -0.0781 e. The van der Waals surface area contributed by atoms with Crippen molar-refractivity contribution in [2.24, 2.45) is 0 Å². The van der Waals surface area contributed by atoms with Gasteiger partial charge in [-0.05, 0) is 40.7 Å². The number of unbranched alkanes of at least 4 members (excludes halogenated alkanes) is 4. The number of benzene rings is 2. The van der Waals surface area contributed by atoms with Crippen LogP contribution in [0.25, 0.3) is 11.1 Å². The molecule has 1 heteroatoms. The number of fused-ring (bicyclic) bond motifs is 3. The van der Waals surface area contributed by atoms with Crippen LogP contribution in [0.1, 0.15) is 52.4 Å². The average Bonchev–Trinajstić information content (AvgIpc) is 2.87. The molecule has 0 saturated heterocycles. The fourth-order valence-corrected chi connectivity index (χ4v) is 8.50. The first-order chi connectivity index (χ1) is 11.3. The average molecular weight is 324 g/mol. The molecule has 3 rings (SSSR count). The number of hydrogen-bond donors (Lipinski definition) is 0. The Kier molecular flexibility index (Phi) is 5.44. The molecule has 2 aromatic rings. The minimum atomic E-state index is -1.31. The third-order valence-corrected chi connectivity index (χ3v) is 9.47. The summed E-state index contributed by atoms with van der Waals surface area (Å²) in [5.74, 6) is 2.75. The molecule has 2 aromatic carbocycles.